The molecule has 18 rings (SSSR count). The van der Waals surface area contributed by atoms with Crippen molar-refractivity contribution in [1.82, 2.24) is 35.9 Å². The quantitative estimate of drug-likeness (QED) is 0.0131. The van der Waals surface area contributed by atoms with Crippen LogP contribution >= 0.6 is 0 Å². The number of anilines is 3. The SMILES string of the molecule is O=C(CCOCCOCCNC(=O)OCC1c2ccccc2-c2ccccc21)Nc1ccc(-c2c3nc(c(-c4ccc(NC(=O)CCOCCOCCNC(=O)OCC5c6ccccc6-c6ccccc65)cc4)c4ccc([nH]4)c(-c4ccc(NC(=O)CCOCCOCCNC(=O)OCC5c6ccccc6-c6ccccc65)cc4)c4nc(c(-c5ccccc5)c5ccc2[nH]5)C=C4)C=C3)cc1. The van der Waals surface area contributed by atoms with E-state index in [0.29, 0.717) is 39.8 Å². The van der Waals surface area contributed by atoms with Crippen LogP contribution in [0.3, 0.4) is 0 Å². The average Bonchev–Trinajstić information content (AvgIpc) is 1.62. The lowest BCUT2D eigenvalue weighted by atomic mass is 9.98. The van der Waals surface area contributed by atoms with Gasteiger partial charge >= 0.3 is 18.3 Å². The van der Waals surface area contributed by atoms with Crippen molar-refractivity contribution in [2.45, 2.75) is 37.0 Å². The number of fused-ring (bicyclic) bond motifs is 17. The van der Waals surface area contributed by atoms with Gasteiger partial charge in [0.15, 0.2) is 0 Å². The van der Waals surface area contributed by atoms with Crippen molar-refractivity contribution in [2.24, 2.45) is 0 Å². The maximum absolute atomic E-state index is 13.5. The maximum atomic E-state index is 13.5. The summed E-state index contributed by atoms with van der Waals surface area (Å²) in [5, 5.41) is 17.4. The monoisotopic (exact) mass is 1800 g/mol. The fourth-order valence-electron chi connectivity index (χ4n) is 17.9. The number of H-pyrrole nitrogens is 2. The molecule has 25 heteroatoms. The lowest BCUT2D eigenvalue weighted by Crippen LogP contribution is -2.29. The molecule has 5 aliphatic rings. The van der Waals surface area contributed by atoms with Gasteiger partial charge in [0.05, 0.1) is 121 Å². The van der Waals surface area contributed by atoms with E-state index < -0.39 is 18.3 Å². The Hall–Kier alpha value is -15.2. The molecular weight excluding hydrogens is 1700 g/mol. The lowest BCUT2D eigenvalue weighted by molar-refractivity contribution is -0.118. The molecule has 0 unspecified atom stereocenters. The summed E-state index contributed by atoms with van der Waals surface area (Å²) >= 11 is 0. The Labute approximate surface area is 781 Å². The first-order valence-corrected chi connectivity index (χ1v) is 45.6. The van der Waals surface area contributed by atoms with Crippen LogP contribution in [0.25, 0.3) is 124 Å². The van der Waals surface area contributed by atoms with Crippen molar-refractivity contribution in [2.75, 3.05) is 135 Å². The van der Waals surface area contributed by atoms with E-state index in [4.69, 9.17) is 52.6 Å². The molecule has 8 bridgehead atoms. The van der Waals surface area contributed by atoms with E-state index in [-0.39, 0.29) is 173 Å². The minimum Gasteiger partial charge on any atom is -0.449 e. The molecule has 0 atom stereocenters. The van der Waals surface area contributed by atoms with Gasteiger partial charge in [-0.3, -0.25) is 14.4 Å². The number of hydrogen-bond donors (Lipinski definition) is 8. The second kappa shape index (κ2) is 43.9. The minimum absolute atomic E-state index is 0.0388. The third kappa shape index (κ3) is 21.9. The third-order valence-electron chi connectivity index (χ3n) is 24.3. The molecule has 3 aliphatic carbocycles. The van der Waals surface area contributed by atoms with Crippen LogP contribution in [-0.4, -0.2) is 175 Å². The highest BCUT2D eigenvalue weighted by Gasteiger charge is 2.33. The van der Waals surface area contributed by atoms with E-state index in [2.05, 4.69) is 133 Å². The highest BCUT2D eigenvalue weighted by Crippen LogP contribution is 2.48. The Morgan fingerprint density at radius 2 is 0.481 bits per heavy atom. The smallest absolute Gasteiger partial charge is 0.407 e. The zero-order valence-corrected chi connectivity index (χ0v) is 74.4. The zero-order valence-electron chi connectivity index (χ0n) is 74.4. The van der Waals surface area contributed by atoms with Crippen molar-refractivity contribution in [1.29, 1.82) is 0 Å². The van der Waals surface area contributed by atoms with Crippen LogP contribution in [0.1, 0.15) is 93.2 Å². The minimum atomic E-state index is -0.519. The van der Waals surface area contributed by atoms with Gasteiger partial charge in [0, 0.05) is 98.8 Å². The number of carbonyl (C=O) groups excluding carboxylic acids is 6. The molecule has 2 aliphatic heterocycles. The van der Waals surface area contributed by atoms with Crippen LogP contribution in [0.2, 0.25) is 0 Å². The van der Waals surface area contributed by atoms with Crippen molar-refractivity contribution >= 4 is 99.4 Å². The number of amides is 6. The summed E-state index contributed by atoms with van der Waals surface area (Å²) in [5.74, 6) is -0.823. The highest BCUT2D eigenvalue weighted by molar-refractivity contribution is 6.02. The van der Waals surface area contributed by atoms with E-state index in [9.17, 15) is 28.8 Å². The number of benzene rings is 10. The number of alkyl carbamates (subject to hydrolysis) is 3. The van der Waals surface area contributed by atoms with Crippen molar-refractivity contribution < 1.29 is 71.4 Å². The molecule has 13 aromatic rings. The van der Waals surface area contributed by atoms with Crippen LogP contribution in [0.5, 0.6) is 0 Å². The van der Waals surface area contributed by atoms with Gasteiger partial charge in [-0.1, -0.05) is 212 Å². The zero-order chi connectivity index (χ0) is 92.0. The van der Waals surface area contributed by atoms with E-state index in [0.717, 1.165) is 133 Å². The molecule has 25 nitrogen and oxygen atoms in total. The van der Waals surface area contributed by atoms with Gasteiger partial charge in [-0.05, 0) is 174 Å². The first kappa shape index (κ1) is 90.3. The van der Waals surface area contributed by atoms with Gasteiger partial charge in [-0.15, -0.1) is 0 Å². The molecule has 0 radical (unpaired) electrons. The first-order valence-electron chi connectivity index (χ1n) is 45.6. The summed E-state index contributed by atoms with van der Waals surface area (Å²) < 4.78 is 51.5. The van der Waals surface area contributed by atoms with Gasteiger partial charge in [0.1, 0.15) is 19.8 Å². The number of nitrogens with zero attached hydrogens (tertiary/aromatic N) is 2. The molecule has 682 valence electrons. The number of aromatic amines is 2. The van der Waals surface area contributed by atoms with Crippen LogP contribution in [0, 0.1) is 0 Å². The van der Waals surface area contributed by atoms with E-state index in [1.807, 2.05) is 206 Å². The number of rotatable bonds is 40. The van der Waals surface area contributed by atoms with Crippen LogP contribution in [-0.2, 0) is 57.0 Å². The first-order chi connectivity index (χ1) is 66.5. The molecule has 0 spiro atoms. The number of hydrogen-bond acceptors (Lipinski definition) is 17. The normalized spacial score (nSPS) is 12.5. The Morgan fingerprint density at radius 3 is 0.741 bits per heavy atom. The molecule has 3 aromatic heterocycles. The maximum Gasteiger partial charge on any atom is 0.407 e. The largest absolute Gasteiger partial charge is 0.449 e. The Balaban J connectivity index is 0.523. The van der Waals surface area contributed by atoms with Crippen LogP contribution in [0.4, 0.5) is 31.4 Å². The summed E-state index contributed by atoms with van der Waals surface area (Å²) in [6.45, 7) is 4.21. The van der Waals surface area contributed by atoms with Crippen LogP contribution in [0.15, 0.2) is 273 Å². The fraction of sp³-hybridized carbons (Fsp3) is 0.218. The van der Waals surface area contributed by atoms with Crippen molar-refractivity contribution in [3.8, 4) is 77.9 Å². The molecular formula is C110H102N10O15. The highest BCUT2D eigenvalue weighted by atomic mass is 16.6. The fourth-order valence-corrected chi connectivity index (χ4v) is 17.9. The summed E-state index contributed by atoms with van der Waals surface area (Å²) in [6.07, 6.45) is 6.78. The Morgan fingerprint density at radius 1 is 0.252 bits per heavy atom. The van der Waals surface area contributed by atoms with Gasteiger partial charge in [-0.2, -0.15) is 0 Å². The molecule has 0 saturated carbocycles. The van der Waals surface area contributed by atoms with Crippen LogP contribution < -0.4 is 31.9 Å². The molecule has 135 heavy (non-hydrogen) atoms. The molecule has 0 fully saturated rings. The second-order valence-electron chi connectivity index (χ2n) is 32.9. The number of ether oxygens (including phenoxy) is 9. The van der Waals surface area contributed by atoms with Crippen molar-refractivity contribution in [3.63, 3.8) is 0 Å². The molecule has 8 N–H and O–H groups in total. The number of carbonyl (C=O) groups is 6. The van der Waals surface area contributed by atoms with Gasteiger partial charge < -0.3 is 84.5 Å². The molecule has 6 amide bonds. The van der Waals surface area contributed by atoms with E-state index >= 15 is 0 Å². The predicted octanol–water partition coefficient (Wildman–Crippen LogP) is 20.0. The Bertz CT molecular complexity index is 6390. The van der Waals surface area contributed by atoms with Crippen molar-refractivity contribution in [3.05, 3.63) is 329 Å². The topological polar surface area (TPSA) is 315 Å². The summed E-state index contributed by atoms with van der Waals surface area (Å²) in [6, 6.07) is 90.4. The summed E-state index contributed by atoms with van der Waals surface area (Å²) in [7, 11) is 0. The lowest BCUT2D eigenvalue weighted by Gasteiger charge is -2.14. The van der Waals surface area contributed by atoms with Gasteiger partial charge in [0.2, 0.25) is 17.7 Å². The molecule has 0 saturated heterocycles. The van der Waals surface area contributed by atoms with Gasteiger partial charge in [-0.25, -0.2) is 24.4 Å². The third-order valence-corrected chi connectivity index (χ3v) is 24.3. The van der Waals surface area contributed by atoms with E-state index in [1.54, 1.807) is 0 Å². The van der Waals surface area contributed by atoms with E-state index in [1.165, 1.54) is 0 Å². The second-order valence-corrected chi connectivity index (χ2v) is 32.9. The average molecular weight is 1800 g/mol. The summed E-state index contributed by atoms with van der Waals surface area (Å²) in [5.41, 5.74) is 27.8. The predicted molar refractivity (Wildman–Crippen MR) is 524 cm³/mol. The standard InChI is InChI=1S/C110H102N10O15/c121-101(50-56-127-62-65-130-59-53-111-108(124)133-68-90-84-24-10-4-18-78(84)79-19-5-11-25-85(79)90)114-75-36-30-72(31-37-75)105-95-44-42-93(117-95)104(71-16-2-1-3-17-71)94-43-45-96(118-94)106(73-32-38-76(39-33-73)115-102(122)51-57-128-63-66-131-60-54-112-109(125)134-69-91-86-26-12-6-20-80(86)81-21-7-13-27-87(81)91)98-47-49-100(120-98)107(99-48-46-97(105)119-99)74-34-40-77(41-35-74)116-103(123)52-58-129-64-67-132-61-55-113-110(126)135-70-92-88-28-14-8-22-82(88)83-23-9-15-29-89(83)92/h1-49,90-92,117,120H,50-70H2,(H,111,124)(H,112,125)(H,113,126)(H,114,121)(H,115,122)(H,116,123). The number of aromatic nitrogens is 4. The van der Waals surface area contributed by atoms with Gasteiger partial charge in [0.25, 0.3) is 0 Å². The summed E-state index contributed by atoms with van der Waals surface area (Å²) in [4.78, 5) is 97.3. The number of nitrogens with one attached hydrogen (secondary N) is 8. The Kier molecular flexibility index (Phi) is 29.4. The molecule has 5 heterocycles. The molecule has 10 aromatic carbocycles.